The number of hydrogen-bond donors (Lipinski definition) is 0. The molecule has 0 aliphatic rings. The van der Waals surface area contributed by atoms with Gasteiger partial charge in [-0.2, -0.15) is 0 Å². The molecule has 13 heavy (non-hydrogen) atoms. The van der Waals surface area contributed by atoms with Gasteiger partial charge in [-0.05, 0) is 47.8 Å². The van der Waals surface area contributed by atoms with Gasteiger partial charge >= 0.3 is 51.4 Å². The molecule has 66 valence electrons. The number of benzene rings is 1. The Bertz CT molecular complexity index is 235. The molecule has 0 saturated heterocycles. The van der Waals surface area contributed by atoms with Crippen LogP contribution < -0.4 is 56.5 Å². The normalized spacial score (nSPS) is 9.62. The van der Waals surface area contributed by atoms with Crippen molar-refractivity contribution < 1.29 is 56.5 Å². The molecular formula is C6Br5KO. The third kappa shape index (κ3) is 3.51. The molecule has 0 bridgehead atoms. The van der Waals surface area contributed by atoms with Crippen molar-refractivity contribution >= 4 is 79.6 Å². The van der Waals surface area contributed by atoms with E-state index < -0.39 is 0 Å². The smallest absolute Gasteiger partial charge is 0.871 e. The zero-order valence-corrected chi connectivity index (χ0v) is 17.4. The van der Waals surface area contributed by atoms with Crippen molar-refractivity contribution in [2.45, 2.75) is 0 Å². The average Bonchev–Trinajstić information content (AvgIpc) is 2.08. The molecule has 0 atom stereocenters. The summed E-state index contributed by atoms with van der Waals surface area (Å²) in [5.74, 6) is -0.0862. The van der Waals surface area contributed by atoms with Crippen LogP contribution in [0.15, 0.2) is 22.4 Å². The predicted molar refractivity (Wildman–Crippen MR) is 64.4 cm³/mol. The third-order valence-electron chi connectivity index (χ3n) is 1.17. The van der Waals surface area contributed by atoms with E-state index in [0.717, 1.165) is 4.47 Å². The summed E-state index contributed by atoms with van der Waals surface area (Å²) in [5.41, 5.74) is 0. The molecular weight excluding hydrogens is 527 g/mol. The van der Waals surface area contributed by atoms with Crippen molar-refractivity contribution in [3.63, 3.8) is 0 Å². The van der Waals surface area contributed by atoms with E-state index in [1.807, 2.05) is 0 Å². The maximum Gasteiger partial charge on any atom is 1.00 e. The van der Waals surface area contributed by atoms with Gasteiger partial charge in [-0.15, -0.1) is 0 Å². The average molecular weight is 527 g/mol. The molecule has 0 heterocycles. The Kier molecular flexibility index (Phi) is 8.29. The van der Waals surface area contributed by atoms with Crippen LogP contribution >= 0.6 is 79.6 Å². The van der Waals surface area contributed by atoms with E-state index in [1.54, 1.807) is 0 Å². The molecule has 1 aromatic rings. The van der Waals surface area contributed by atoms with Crippen LogP contribution in [0.3, 0.4) is 0 Å². The first-order chi connectivity index (χ1) is 5.46. The van der Waals surface area contributed by atoms with Crippen LogP contribution in [0.25, 0.3) is 0 Å². The van der Waals surface area contributed by atoms with E-state index in [9.17, 15) is 5.11 Å². The first-order valence-corrected chi connectivity index (χ1v) is 6.61. The first-order valence-electron chi connectivity index (χ1n) is 2.65. The monoisotopic (exact) mass is 522 g/mol. The Hall–Kier alpha value is 3.06. The third-order valence-corrected chi connectivity index (χ3v) is 7.19. The van der Waals surface area contributed by atoms with Crippen molar-refractivity contribution in [2.75, 3.05) is 0 Å². The summed E-state index contributed by atoms with van der Waals surface area (Å²) >= 11 is 16.2. The minimum atomic E-state index is -0.0862. The van der Waals surface area contributed by atoms with Gasteiger partial charge in [-0.1, -0.05) is 37.6 Å². The molecule has 0 radical (unpaired) electrons. The molecule has 7 heteroatoms. The summed E-state index contributed by atoms with van der Waals surface area (Å²) in [6.07, 6.45) is 0. The van der Waals surface area contributed by atoms with E-state index in [0.29, 0.717) is 17.9 Å². The summed E-state index contributed by atoms with van der Waals surface area (Å²) in [4.78, 5) is 0. The zero-order valence-electron chi connectivity index (χ0n) is 6.30. The predicted octanol–water partition coefficient (Wildman–Crippen LogP) is 1.58. The number of hydrogen-bond acceptors (Lipinski definition) is 1. The first kappa shape index (κ1) is 16.1. The Morgan fingerprint density at radius 3 is 1.15 bits per heavy atom. The van der Waals surface area contributed by atoms with Gasteiger partial charge in [-0.25, -0.2) is 0 Å². The minimum Gasteiger partial charge on any atom is -0.871 e. The summed E-state index contributed by atoms with van der Waals surface area (Å²) in [5, 5.41) is 11.4. The van der Waals surface area contributed by atoms with Gasteiger partial charge in [0.2, 0.25) is 0 Å². The van der Waals surface area contributed by atoms with Crippen molar-refractivity contribution in [2.24, 2.45) is 0 Å². The number of halogens is 5. The van der Waals surface area contributed by atoms with Gasteiger partial charge in [0.1, 0.15) is 0 Å². The van der Waals surface area contributed by atoms with Crippen LogP contribution in [0.5, 0.6) is 5.75 Å². The van der Waals surface area contributed by atoms with Gasteiger partial charge < -0.3 is 5.11 Å². The van der Waals surface area contributed by atoms with Gasteiger partial charge in [0.15, 0.2) is 0 Å². The van der Waals surface area contributed by atoms with Crippen LogP contribution in [-0.2, 0) is 0 Å². The molecule has 0 aromatic heterocycles. The molecule has 0 unspecified atom stereocenters. The second-order valence-electron chi connectivity index (χ2n) is 1.90. The Morgan fingerprint density at radius 2 is 0.846 bits per heavy atom. The fraction of sp³-hybridized carbons (Fsp3) is 0. The molecule has 0 saturated carbocycles. The molecule has 0 N–H and O–H groups in total. The maximum atomic E-state index is 11.4. The molecule has 1 rings (SSSR count). The van der Waals surface area contributed by atoms with E-state index in [2.05, 4.69) is 79.6 Å². The molecule has 0 aliphatic heterocycles. The van der Waals surface area contributed by atoms with Crippen LogP contribution in [0.4, 0.5) is 0 Å². The fourth-order valence-electron chi connectivity index (χ4n) is 0.585. The van der Waals surface area contributed by atoms with Crippen LogP contribution in [-0.4, -0.2) is 0 Å². The SMILES string of the molecule is [K+].[O-]c1c(Br)c(Br)c(Br)c(Br)c1Br. The largest absolute Gasteiger partial charge is 1.00 e. The Labute approximate surface area is 160 Å². The van der Waals surface area contributed by atoms with Gasteiger partial charge in [0.25, 0.3) is 0 Å². The fourth-order valence-corrected chi connectivity index (χ4v) is 3.60. The van der Waals surface area contributed by atoms with Gasteiger partial charge in [-0.3, -0.25) is 0 Å². The van der Waals surface area contributed by atoms with Gasteiger partial charge in [0, 0.05) is 22.4 Å². The molecule has 0 fully saturated rings. The Morgan fingerprint density at radius 1 is 0.615 bits per heavy atom. The molecule has 0 aliphatic carbocycles. The maximum absolute atomic E-state index is 11.4. The van der Waals surface area contributed by atoms with E-state index in [-0.39, 0.29) is 57.1 Å². The number of rotatable bonds is 0. The summed E-state index contributed by atoms with van der Waals surface area (Å²) in [6, 6.07) is 0. The second-order valence-corrected chi connectivity index (χ2v) is 5.86. The van der Waals surface area contributed by atoms with Crippen LogP contribution in [0.1, 0.15) is 0 Å². The summed E-state index contributed by atoms with van der Waals surface area (Å²) in [6.45, 7) is 0. The summed E-state index contributed by atoms with van der Waals surface area (Å²) in [7, 11) is 0. The molecule has 0 spiro atoms. The van der Waals surface area contributed by atoms with Crippen molar-refractivity contribution in [3.8, 4) is 5.75 Å². The molecule has 0 amide bonds. The van der Waals surface area contributed by atoms with Gasteiger partial charge in [0.05, 0.1) is 0 Å². The topological polar surface area (TPSA) is 23.1 Å². The van der Waals surface area contributed by atoms with Crippen molar-refractivity contribution in [1.29, 1.82) is 0 Å². The van der Waals surface area contributed by atoms with E-state index in [1.165, 1.54) is 0 Å². The van der Waals surface area contributed by atoms with Crippen LogP contribution in [0, 0.1) is 0 Å². The van der Waals surface area contributed by atoms with Crippen LogP contribution in [0.2, 0.25) is 0 Å². The van der Waals surface area contributed by atoms with Crippen molar-refractivity contribution in [1.82, 2.24) is 0 Å². The second kappa shape index (κ2) is 6.71. The zero-order chi connectivity index (χ0) is 9.46. The minimum absolute atomic E-state index is 0. The molecule has 1 aromatic carbocycles. The molecule has 1 nitrogen and oxygen atoms in total. The van der Waals surface area contributed by atoms with E-state index in [4.69, 9.17) is 0 Å². The van der Waals surface area contributed by atoms with E-state index >= 15 is 0 Å². The van der Waals surface area contributed by atoms with Crippen molar-refractivity contribution in [3.05, 3.63) is 22.4 Å². The quantitative estimate of drug-likeness (QED) is 0.286. The standard InChI is InChI=1S/C6HBr5O.K/c7-1-2(8)4(10)6(12)5(11)3(1)9;/h12H;/q;+1/p-1. The summed E-state index contributed by atoms with van der Waals surface area (Å²) < 4.78 is 3.24. The Balaban J connectivity index is 0.00000144.